The van der Waals surface area contributed by atoms with Crippen LogP contribution in [0.1, 0.15) is 195 Å². The minimum Gasteiger partial charge on any atom is -0.507 e. The molecule has 0 spiro atoms. The molecule has 3 aromatic carbocycles. The van der Waals surface area contributed by atoms with Crippen LogP contribution < -0.4 is 26.0 Å². The van der Waals surface area contributed by atoms with Gasteiger partial charge < -0.3 is 65.1 Å². The Morgan fingerprint density at radius 2 is 1.40 bits per heavy atom. The molecule has 0 saturated carbocycles. The van der Waals surface area contributed by atoms with Gasteiger partial charge in [-0.05, 0) is 117 Å². The molecule has 0 bridgehead atoms. The van der Waals surface area contributed by atoms with Crippen molar-refractivity contribution >= 4 is 104 Å². The molecule has 0 radical (unpaired) electrons. The molecule has 3 aromatic rings. The predicted octanol–water partition coefficient (Wildman–Crippen LogP) is 9.67. The minimum atomic E-state index is -1.07. The van der Waals surface area contributed by atoms with Crippen molar-refractivity contribution in [2.75, 3.05) is 59.1 Å². The summed E-state index contributed by atoms with van der Waals surface area (Å²) in [6.07, 6.45) is 0.464. The maximum atomic E-state index is 14.8. The molecule has 112 heavy (non-hydrogen) atoms. The fraction of sp³-hybridized carbons (Fsp3) is 0.622. The van der Waals surface area contributed by atoms with Crippen LogP contribution in [0.5, 0.6) is 11.5 Å². The number of benzene rings is 3. The molecule has 0 aromatic heterocycles. The topological polar surface area (TPSA) is 365 Å². The molecule has 28 nitrogen and oxygen atoms in total. The molecule has 2 aliphatic heterocycles. The highest BCUT2D eigenvalue weighted by Gasteiger charge is 2.45. The van der Waals surface area contributed by atoms with Crippen molar-refractivity contribution in [2.24, 2.45) is 40.5 Å². The lowest BCUT2D eigenvalue weighted by molar-refractivity contribution is -0.197. The number of hydrogen-bond acceptors (Lipinski definition) is 22. The third-order valence-corrected chi connectivity index (χ3v) is 24.1. The van der Waals surface area contributed by atoms with E-state index >= 15 is 0 Å². The van der Waals surface area contributed by atoms with E-state index in [1.54, 1.807) is 82.0 Å². The number of aliphatic imine (C=N–C) groups is 1. The molecular formula is C82H119N9O19S2. The highest BCUT2D eigenvalue weighted by atomic mass is 33.1. The molecule has 1 aliphatic carbocycles. The first kappa shape index (κ1) is 92.4. The number of phenolic OH excluding ortho intramolecular Hbond substituents is 1. The highest BCUT2D eigenvalue weighted by Crippen LogP contribution is 2.40. The fourth-order valence-electron chi connectivity index (χ4n) is 14.4. The average Bonchev–Trinajstić information content (AvgIpc) is 1.32. The zero-order valence-electron chi connectivity index (χ0n) is 68.1. The number of hydroxylamine groups is 2. The number of aliphatic hydroxyl groups is 1. The number of anilines is 1. The van der Waals surface area contributed by atoms with Gasteiger partial charge in [0.25, 0.3) is 11.8 Å². The van der Waals surface area contributed by atoms with E-state index in [0.717, 1.165) is 11.1 Å². The molecule has 618 valence electrons. The lowest BCUT2D eigenvalue weighted by atomic mass is 9.85. The Balaban J connectivity index is 0.920. The highest BCUT2D eigenvalue weighted by molar-refractivity contribution is 8.77. The van der Waals surface area contributed by atoms with Gasteiger partial charge >= 0.3 is 12.1 Å². The summed E-state index contributed by atoms with van der Waals surface area (Å²) in [5.41, 5.74) is 3.62. The van der Waals surface area contributed by atoms with Crippen LogP contribution in [-0.4, -0.2) is 214 Å². The smallest absolute Gasteiger partial charge is 0.410 e. The summed E-state index contributed by atoms with van der Waals surface area (Å²) in [7, 11) is 9.01. The first-order valence-corrected chi connectivity index (χ1v) is 41.2. The van der Waals surface area contributed by atoms with Crippen LogP contribution in [0.3, 0.4) is 0 Å². The number of nitrogens with one attached hydrogen (secondary N) is 4. The van der Waals surface area contributed by atoms with E-state index in [2.05, 4.69) is 26.3 Å². The maximum absolute atomic E-state index is 14.8. The molecule has 3 aliphatic rings. The number of aromatic hydroxyl groups is 1. The average molecular weight is 1600 g/mol. The monoisotopic (exact) mass is 1600 g/mol. The molecular weight excluding hydrogens is 1480 g/mol. The van der Waals surface area contributed by atoms with Crippen LogP contribution in [0, 0.1) is 35.5 Å². The van der Waals surface area contributed by atoms with Gasteiger partial charge in [-0.25, -0.2) is 9.59 Å². The Labute approximate surface area is 667 Å². The van der Waals surface area contributed by atoms with Gasteiger partial charge in [0.05, 0.1) is 56.4 Å². The molecule has 9 amide bonds. The van der Waals surface area contributed by atoms with Gasteiger partial charge in [0, 0.05) is 106 Å². The maximum Gasteiger partial charge on any atom is 0.410 e. The first-order chi connectivity index (χ1) is 52.9. The van der Waals surface area contributed by atoms with Crippen LogP contribution in [-0.2, 0) is 84.8 Å². The van der Waals surface area contributed by atoms with E-state index in [1.807, 2.05) is 85.7 Å². The second-order valence-electron chi connectivity index (χ2n) is 31.2. The Morgan fingerprint density at radius 1 is 0.741 bits per heavy atom. The lowest BCUT2D eigenvalue weighted by Gasteiger charge is -2.41. The van der Waals surface area contributed by atoms with E-state index < -0.39 is 125 Å². The fourth-order valence-corrected chi connectivity index (χ4v) is 16.9. The number of likely N-dealkylation sites (N-methyl/N-ethyl adjacent to an activating group) is 2. The number of carbonyl (C=O) groups excluding carboxylic acids is 12. The standard InChI is InChI=1S/C82H119N9O19S2/c1-18-50(8)74(64(106-16)43-68(98)90-37-22-26-61(90)76(107-17)52(10)62(93)40-51(9)75(100)55-24-20-19-21-25-55)88(14)80(104)72(48(4)5)87-79(103)73(49(6)7)89(15)81(105)109-46-54-28-31-57(32-29-54)85-77(101)53(11)84-78(102)71(47(2)3)86-65(95)36-39-111-112-82(12,13)44-58(92)45-83-60-33-30-56-41-59(42-63(94)70(56)60)108-38-23-27-69(99)110-91-66(96)34-35-67(91)97/h19-21,24-25,28-29,31-32,41-42,47-53,61,64,71-76,94,100H,18,22-23,26-27,30,33-40,43-46H2,1-17H3,(H,84,102)(H,85,101)(H,86,95)(H,87,103)/t50-,51-,52-,53-,61-,64+,71-,72-,73-,74-,75+,76+/m0/s1. The van der Waals surface area contributed by atoms with Crippen molar-refractivity contribution in [2.45, 2.75) is 239 Å². The number of fused-ring (bicyclic) bond motifs is 1. The minimum absolute atomic E-state index is 0.000333. The van der Waals surface area contributed by atoms with Crippen LogP contribution in [0.4, 0.5) is 10.5 Å². The largest absolute Gasteiger partial charge is 0.507 e. The molecule has 0 unspecified atom stereocenters. The summed E-state index contributed by atoms with van der Waals surface area (Å²) in [5, 5.41) is 33.7. The second-order valence-corrected chi connectivity index (χ2v) is 34.4. The van der Waals surface area contributed by atoms with Crippen LogP contribution in [0.25, 0.3) is 0 Å². The molecule has 6 rings (SSSR count). The number of aryl methyl sites for hydroxylation is 1. The molecule has 6 N–H and O–H groups in total. The number of methoxy groups -OCH3 is 2. The van der Waals surface area contributed by atoms with Crippen molar-refractivity contribution < 1.29 is 91.5 Å². The third kappa shape index (κ3) is 26.3. The van der Waals surface area contributed by atoms with Gasteiger partial charge in [-0.2, -0.15) is 0 Å². The zero-order chi connectivity index (χ0) is 83.0. The number of Topliss-reactive ketones (excluding diaryl/α,β-unsaturated/α-hetero) is 2. The van der Waals surface area contributed by atoms with E-state index in [9.17, 15) is 67.7 Å². The Hall–Kier alpha value is -8.45. The predicted molar refractivity (Wildman–Crippen MR) is 427 cm³/mol. The Bertz CT molecular complexity index is 3770. The van der Waals surface area contributed by atoms with Crippen LogP contribution in [0.15, 0.2) is 71.7 Å². The number of ketones is 2. The number of imide groups is 1. The number of amides is 9. The number of rotatable bonds is 44. The molecule has 2 fully saturated rings. The molecule has 2 saturated heterocycles. The van der Waals surface area contributed by atoms with E-state index in [0.29, 0.717) is 77.7 Å². The van der Waals surface area contributed by atoms with Crippen molar-refractivity contribution in [1.82, 2.24) is 35.7 Å². The summed E-state index contributed by atoms with van der Waals surface area (Å²) in [5.74, 6) is -6.29. The Morgan fingerprint density at radius 3 is 2.02 bits per heavy atom. The molecule has 2 heterocycles. The summed E-state index contributed by atoms with van der Waals surface area (Å²) >= 11 is 0. The van der Waals surface area contributed by atoms with Gasteiger partial charge in [0.15, 0.2) is 5.78 Å². The van der Waals surface area contributed by atoms with E-state index in [4.69, 9.17) is 23.8 Å². The number of ether oxygens (including phenoxy) is 4. The summed E-state index contributed by atoms with van der Waals surface area (Å²) < 4.78 is 23.1. The number of aliphatic hydroxyl groups excluding tert-OH is 1. The van der Waals surface area contributed by atoms with Gasteiger partial charge in [0.1, 0.15) is 48.1 Å². The van der Waals surface area contributed by atoms with E-state index in [1.165, 1.54) is 53.6 Å². The Kier molecular flexibility index (Phi) is 36.1. The summed E-state index contributed by atoms with van der Waals surface area (Å²) in [6.45, 7) is 23.9. The zero-order valence-corrected chi connectivity index (χ0v) is 69.8. The van der Waals surface area contributed by atoms with Gasteiger partial charge in [0.2, 0.25) is 35.4 Å². The number of nitrogens with zero attached hydrogens (tertiary/aromatic N) is 5. The second kappa shape index (κ2) is 43.7. The van der Waals surface area contributed by atoms with Crippen molar-refractivity contribution in [3.63, 3.8) is 0 Å². The number of phenols is 1. The lowest BCUT2D eigenvalue weighted by Crippen LogP contribution is -2.60. The van der Waals surface area contributed by atoms with Crippen molar-refractivity contribution in [3.8, 4) is 11.5 Å². The van der Waals surface area contributed by atoms with Crippen molar-refractivity contribution in [3.05, 3.63) is 89.0 Å². The molecule has 30 heteroatoms. The van der Waals surface area contributed by atoms with Gasteiger partial charge in [-0.3, -0.25) is 57.8 Å². The SMILES string of the molecule is CC[C@H](C)[C@@H]([C@@H](CC(=O)N1CCC[C@H]1[C@H](OC)[C@@H](C)C(=O)C[C@H](C)[C@@H](O)c1ccccc1)OC)N(C)C(=O)[C@@H](NC(=O)[C@H](C(C)C)N(C)C(=O)OCc1ccc(NC(=O)[C@H](C)NC(=O)[C@@H](NC(=O)CCSSC(C)(C)CC(=O)CN=C2CCc3cc(OCCCC(=O)ON4C(=O)CCC4=O)cc(O)c32)C(C)C)cc1)C(C)C. The normalized spacial score (nSPS) is 17.7. The van der Waals surface area contributed by atoms with Crippen LogP contribution in [0.2, 0.25) is 0 Å². The number of likely N-dealkylation sites (tertiary alicyclic amines) is 1. The quantitative estimate of drug-likeness (QED) is 0.0174. The van der Waals surface area contributed by atoms with Crippen molar-refractivity contribution in [1.29, 1.82) is 0 Å². The summed E-state index contributed by atoms with van der Waals surface area (Å²) in [4.78, 5) is 174. The summed E-state index contributed by atoms with van der Waals surface area (Å²) in [6, 6.07) is 13.8. The van der Waals surface area contributed by atoms with Crippen LogP contribution >= 0.6 is 21.6 Å². The number of hydrogen-bond donors (Lipinski definition) is 6. The molecule has 12 atom stereocenters. The first-order valence-electron chi connectivity index (χ1n) is 38.9. The van der Waals surface area contributed by atoms with E-state index in [-0.39, 0.29) is 118 Å². The van der Waals surface area contributed by atoms with Gasteiger partial charge in [-0.15, -0.1) is 5.06 Å². The van der Waals surface area contributed by atoms with Gasteiger partial charge in [-0.1, -0.05) is 140 Å². The number of carbonyl (C=O) groups is 12. The third-order valence-electron chi connectivity index (χ3n) is 20.8.